The molecule has 0 radical (unpaired) electrons. The van der Waals surface area contributed by atoms with Gasteiger partial charge in [0.1, 0.15) is 5.60 Å². The molecule has 1 rings (SSSR count). The Hall–Kier alpha value is -0.610. The van der Waals surface area contributed by atoms with Gasteiger partial charge in [-0.25, -0.2) is 0 Å². The Kier molecular flexibility index (Phi) is 3.50. The van der Waals surface area contributed by atoms with Crippen LogP contribution in [0.1, 0.15) is 27.2 Å². The summed E-state index contributed by atoms with van der Waals surface area (Å²) in [6.45, 7) is 7.20. The molecule has 0 aromatic carbocycles. The third-order valence-electron chi connectivity index (χ3n) is 2.02. The highest BCUT2D eigenvalue weighted by atomic mass is 16.6. The van der Waals surface area contributed by atoms with Crippen LogP contribution >= 0.6 is 0 Å². The zero-order chi connectivity index (χ0) is 10.8. The first-order valence-corrected chi connectivity index (χ1v) is 4.99. The molecule has 1 aliphatic rings. The maximum atomic E-state index is 11.4. The van der Waals surface area contributed by atoms with Gasteiger partial charge in [-0.05, 0) is 27.2 Å². The minimum absolute atomic E-state index is 0.216. The molecular weight excluding hydrogens is 182 g/mol. The van der Waals surface area contributed by atoms with Crippen LogP contribution in [0.15, 0.2) is 0 Å². The van der Waals surface area contributed by atoms with Crippen LogP contribution in [0.2, 0.25) is 0 Å². The number of carbonyl (C=O) groups is 1. The van der Waals surface area contributed by atoms with Crippen molar-refractivity contribution in [2.45, 2.75) is 38.9 Å². The molecular formula is C10H19NO3. The second kappa shape index (κ2) is 4.28. The van der Waals surface area contributed by atoms with E-state index in [2.05, 4.69) is 0 Å². The normalized spacial score (nSPS) is 23.9. The van der Waals surface area contributed by atoms with Gasteiger partial charge in [0.25, 0.3) is 0 Å². The fourth-order valence-electron chi connectivity index (χ4n) is 1.51. The van der Waals surface area contributed by atoms with Crippen LogP contribution in [0.3, 0.4) is 0 Å². The number of esters is 1. The molecule has 0 aromatic heterocycles. The number of hydrogen-bond acceptors (Lipinski definition) is 4. The van der Waals surface area contributed by atoms with Crippen molar-refractivity contribution in [2.24, 2.45) is 0 Å². The van der Waals surface area contributed by atoms with E-state index < -0.39 is 5.60 Å². The van der Waals surface area contributed by atoms with Gasteiger partial charge in [0.15, 0.2) is 0 Å². The van der Waals surface area contributed by atoms with E-state index in [0.717, 1.165) is 13.0 Å². The van der Waals surface area contributed by atoms with Crippen LogP contribution in [-0.4, -0.2) is 47.3 Å². The molecule has 0 aromatic rings. The van der Waals surface area contributed by atoms with Gasteiger partial charge in [0, 0.05) is 13.1 Å². The Morgan fingerprint density at radius 2 is 2.21 bits per heavy atom. The summed E-state index contributed by atoms with van der Waals surface area (Å²) in [6.07, 6.45) is 0.473. The maximum absolute atomic E-state index is 11.4. The van der Waals surface area contributed by atoms with Gasteiger partial charge in [-0.3, -0.25) is 9.69 Å². The van der Waals surface area contributed by atoms with Crippen molar-refractivity contribution in [2.75, 3.05) is 19.6 Å². The average Bonchev–Trinajstić information content (AvgIpc) is 2.30. The van der Waals surface area contributed by atoms with E-state index in [-0.39, 0.29) is 18.6 Å². The lowest BCUT2D eigenvalue weighted by molar-refractivity contribution is -0.155. The lowest BCUT2D eigenvalue weighted by Crippen LogP contribution is -2.34. The second-order valence-electron chi connectivity index (χ2n) is 4.76. The van der Waals surface area contributed by atoms with Crippen LogP contribution in [0, 0.1) is 0 Å². The SMILES string of the molecule is CC(C)(C)OC(=O)CN1CC[C@@H](O)C1. The number of aliphatic hydroxyl groups is 1. The van der Waals surface area contributed by atoms with E-state index in [4.69, 9.17) is 4.74 Å². The molecule has 0 saturated carbocycles. The summed E-state index contributed by atoms with van der Waals surface area (Å²) in [4.78, 5) is 13.3. The first kappa shape index (κ1) is 11.5. The highest BCUT2D eigenvalue weighted by Gasteiger charge is 2.24. The third kappa shape index (κ3) is 4.07. The Balaban J connectivity index is 2.27. The maximum Gasteiger partial charge on any atom is 0.320 e. The molecule has 14 heavy (non-hydrogen) atoms. The van der Waals surface area contributed by atoms with Gasteiger partial charge >= 0.3 is 5.97 Å². The number of carbonyl (C=O) groups excluding carboxylic acids is 1. The van der Waals surface area contributed by atoms with Gasteiger partial charge in [-0.1, -0.05) is 0 Å². The Morgan fingerprint density at radius 3 is 2.64 bits per heavy atom. The summed E-state index contributed by atoms with van der Waals surface area (Å²) in [6, 6.07) is 0. The van der Waals surface area contributed by atoms with E-state index in [0.29, 0.717) is 6.54 Å². The number of β-amino-alcohol motifs (C(OH)–C–C–N with tert-alkyl or cyclic N) is 1. The van der Waals surface area contributed by atoms with Crippen molar-refractivity contribution < 1.29 is 14.6 Å². The van der Waals surface area contributed by atoms with Crippen molar-refractivity contribution in [3.8, 4) is 0 Å². The number of nitrogens with zero attached hydrogens (tertiary/aromatic N) is 1. The summed E-state index contributed by atoms with van der Waals surface area (Å²) < 4.78 is 5.17. The smallest absolute Gasteiger partial charge is 0.320 e. The van der Waals surface area contributed by atoms with Crippen LogP contribution in [0.25, 0.3) is 0 Å². The molecule has 1 heterocycles. The second-order valence-corrected chi connectivity index (χ2v) is 4.76. The first-order valence-electron chi connectivity index (χ1n) is 4.99. The van der Waals surface area contributed by atoms with Gasteiger partial charge in [-0.2, -0.15) is 0 Å². The number of ether oxygens (including phenoxy) is 1. The predicted octanol–water partition coefficient (Wildman–Crippen LogP) is 0.395. The van der Waals surface area contributed by atoms with Gasteiger partial charge in [0.2, 0.25) is 0 Å². The minimum atomic E-state index is -0.421. The Morgan fingerprint density at radius 1 is 1.57 bits per heavy atom. The van der Waals surface area contributed by atoms with Crippen LogP contribution < -0.4 is 0 Å². The van der Waals surface area contributed by atoms with Crippen molar-refractivity contribution in [3.05, 3.63) is 0 Å². The molecule has 1 aliphatic heterocycles. The molecule has 1 atom stereocenters. The zero-order valence-corrected chi connectivity index (χ0v) is 9.12. The summed E-state index contributed by atoms with van der Waals surface area (Å²) >= 11 is 0. The van der Waals surface area contributed by atoms with Gasteiger partial charge < -0.3 is 9.84 Å². The largest absolute Gasteiger partial charge is 0.459 e. The highest BCUT2D eigenvalue weighted by molar-refractivity contribution is 5.72. The summed E-state index contributed by atoms with van der Waals surface area (Å²) in [5.74, 6) is -0.216. The third-order valence-corrected chi connectivity index (χ3v) is 2.02. The van der Waals surface area contributed by atoms with Crippen LogP contribution in [0.5, 0.6) is 0 Å². The first-order chi connectivity index (χ1) is 6.37. The van der Waals surface area contributed by atoms with E-state index in [1.807, 2.05) is 25.7 Å². The molecule has 0 aliphatic carbocycles. The van der Waals surface area contributed by atoms with Crippen molar-refractivity contribution >= 4 is 5.97 Å². The molecule has 82 valence electrons. The molecule has 0 unspecified atom stereocenters. The molecule has 1 fully saturated rings. The number of aliphatic hydroxyl groups excluding tert-OH is 1. The van der Waals surface area contributed by atoms with Crippen molar-refractivity contribution in [3.63, 3.8) is 0 Å². The molecule has 0 spiro atoms. The topological polar surface area (TPSA) is 49.8 Å². The Labute approximate surface area is 84.8 Å². The Bertz CT molecular complexity index is 210. The van der Waals surface area contributed by atoms with E-state index in [1.165, 1.54) is 0 Å². The number of hydrogen-bond donors (Lipinski definition) is 1. The zero-order valence-electron chi connectivity index (χ0n) is 9.12. The summed E-state index contributed by atoms with van der Waals surface area (Å²) in [5, 5.41) is 9.25. The molecule has 0 amide bonds. The van der Waals surface area contributed by atoms with Crippen molar-refractivity contribution in [1.82, 2.24) is 4.90 Å². The van der Waals surface area contributed by atoms with E-state index >= 15 is 0 Å². The van der Waals surface area contributed by atoms with Crippen LogP contribution in [-0.2, 0) is 9.53 Å². The molecule has 1 N–H and O–H groups in total. The standard InChI is InChI=1S/C10H19NO3/c1-10(2,3)14-9(13)7-11-5-4-8(12)6-11/h8,12H,4-7H2,1-3H3/t8-/m1/s1. The number of likely N-dealkylation sites (tertiary alicyclic amines) is 1. The van der Waals surface area contributed by atoms with E-state index in [9.17, 15) is 9.90 Å². The molecule has 0 bridgehead atoms. The molecule has 4 heteroatoms. The highest BCUT2D eigenvalue weighted by Crippen LogP contribution is 2.11. The van der Waals surface area contributed by atoms with Crippen LogP contribution in [0.4, 0.5) is 0 Å². The van der Waals surface area contributed by atoms with E-state index in [1.54, 1.807) is 0 Å². The lowest BCUT2D eigenvalue weighted by atomic mass is 10.2. The molecule has 1 saturated heterocycles. The minimum Gasteiger partial charge on any atom is -0.459 e. The fourth-order valence-corrected chi connectivity index (χ4v) is 1.51. The molecule has 4 nitrogen and oxygen atoms in total. The average molecular weight is 201 g/mol. The lowest BCUT2D eigenvalue weighted by Gasteiger charge is -2.21. The fraction of sp³-hybridized carbons (Fsp3) is 0.900. The van der Waals surface area contributed by atoms with Crippen molar-refractivity contribution in [1.29, 1.82) is 0 Å². The summed E-state index contributed by atoms with van der Waals surface area (Å²) in [5.41, 5.74) is -0.421. The van der Waals surface area contributed by atoms with Gasteiger partial charge in [-0.15, -0.1) is 0 Å². The van der Waals surface area contributed by atoms with Gasteiger partial charge in [0.05, 0.1) is 12.6 Å². The number of rotatable bonds is 2. The summed E-state index contributed by atoms with van der Waals surface area (Å²) in [7, 11) is 0. The monoisotopic (exact) mass is 201 g/mol. The quantitative estimate of drug-likeness (QED) is 0.657. The predicted molar refractivity (Wildman–Crippen MR) is 52.9 cm³/mol.